The van der Waals surface area contributed by atoms with E-state index in [2.05, 4.69) is 26.8 Å². The molecule has 2 amide bonds. The number of methoxy groups -OCH3 is 1. The normalized spacial score (nSPS) is 42.3. The van der Waals surface area contributed by atoms with Gasteiger partial charge in [-0.1, -0.05) is 38.8 Å². The molecule has 3 saturated carbocycles. The highest BCUT2D eigenvalue weighted by molar-refractivity contribution is 6.23. The van der Waals surface area contributed by atoms with Crippen molar-refractivity contribution in [1.82, 2.24) is 0 Å². The van der Waals surface area contributed by atoms with Crippen LogP contribution in [0.3, 0.4) is 0 Å². The number of rotatable bonds is 4. The van der Waals surface area contributed by atoms with Crippen LogP contribution in [-0.2, 0) is 14.4 Å². The lowest BCUT2D eigenvalue weighted by Gasteiger charge is -2.68. The molecule has 7 rings (SSSR count). The van der Waals surface area contributed by atoms with Gasteiger partial charge in [0.2, 0.25) is 11.8 Å². The zero-order valence-electron chi connectivity index (χ0n) is 22.6. The quantitative estimate of drug-likeness (QED) is 0.419. The zero-order valence-corrected chi connectivity index (χ0v) is 22.6. The largest absolute Gasteiger partial charge is 0.497 e. The maximum absolute atomic E-state index is 14.3. The summed E-state index contributed by atoms with van der Waals surface area (Å²) in [5.74, 6) is -0.213. The maximum atomic E-state index is 14.3. The number of carbonyl (C=O) groups excluding carboxylic acids is 2. The van der Waals surface area contributed by atoms with Crippen LogP contribution in [0, 0.1) is 51.8 Å². The standard InChI is InChI=1S/C31H39NO5/c1-17(2)21-16-31-14-11-22-29(3,12-6-13-30(22,4)28(35)36)23(31)15-20(21)24-25(31)27(34)32(26(24)33)18-7-9-19(37-5)10-8-18/h7-10,16-17,20,22-25H,6,11-15H2,1-5H3,(H,35,36)/t20-,22-,23+,24+,25+,29+,30-,31-/m0/s1. The molecule has 1 aromatic carbocycles. The Morgan fingerprint density at radius 2 is 1.76 bits per heavy atom. The van der Waals surface area contributed by atoms with Gasteiger partial charge in [0.15, 0.2) is 0 Å². The molecule has 6 heteroatoms. The molecule has 0 aromatic heterocycles. The summed E-state index contributed by atoms with van der Waals surface area (Å²) in [6.07, 6.45) is 7.47. The molecule has 0 radical (unpaired) electrons. The number of nitrogens with zero attached hydrogens (tertiary/aromatic N) is 1. The molecule has 4 fully saturated rings. The summed E-state index contributed by atoms with van der Waals surface area (Å²) in [5, 5.41) is 10.3. The van der Waals surface area contributed by atoms with Crippen LogP contribution in [0.2, 0.25) is 0 Å². The fraction of sp³-hybridized carbons (Fsp3) is 0.645. The molecule has 5 aliphatic carbocycles. The Balaban J connectivity index is 1.47. The Labute approximate surface area is 219 Å². The van der Waals surface area contributed by atoms with E-state index in [0.717, 1.165) is 32.1 Å². The van der Waals surface area contributed by atoms with Crippen molar-refractivity contribution in [3.63, 3.8) is 0 Å². The number of fused-ring (bicyclic) bond motifs is 1. The second kappa shape index (κ2) is 7.94. The van der Waals surface area contributed by atoms with Crippen LogP contribution in [0.5, 0.6) is 5.75 Å². The van der Waals surface area contributed by atoms with Gasteiger partial charge in [0.05, 0.1) is 30.0 Å². The molecular weight excluding hydrogens is 466 g/mol. The van der Waals surface area contributed by atoms with Crippen molar-refractivity contribution in [1.29, 1.82) is 0 Å². The molecule has 37 heavy (non-hydrogen) atoms. The zero-order chi connectivity index (χ0) is 26.5. The number of carboxylic acids is 1. The van der Waals surface area contributed by atoms with Gasteiger partial charge in [-0.3, -0.25) is 19.3 Å². The number of carbonyl (C=O) groups is 3. The van der Waals surface area contributed by atoms with Gasteiger partial charge < -0.3 is 9.84 Å². The van der Waals surface area contributed by atoms with Crippen LogP contribution >= 0.6 is 0 Å². The predicted octanol–water partition coefficient (Wildman–Crippen LogP) is 5.71. The molecule has 6 aliphatic rings. The van der Waals surface area contributed by atoms with E-state index in [1.54, 1.807) is 31.4 Å². The molecule has 1 N–H and O–H groups in total. The molecule has 1 heterocycles. The third-order valence-electron chi connectivity index (χ3n) is 11.5. The second-order valence-corrected chi connectivity index (χ2v) is 13.2. The average molecular weight is 506 g/mol. The van der Waals surface area contributed by atoms with E-state index in [0.29, 0.717) is 23.8 Å². The molecule has 198 valence electrons. The predicted molar refractivity (Wildman–Crippen MR) is 140 cm³/mol. The summed E-state index contributed by atoms with van der Waals surface area (Å²) >= 11 is 0. The monoisotopic (exact) mass is 505 g/mol. The number of aliphatic carboxylic acids is 1. The molecule has 1 spiro atoms. The fourth-order valence-electron chi connectivity index (χ4n) is 9.94. The highest BCUT2D eigenvalue weighted by atomic mass is 16.5. The number of hydrogen-bond donors (Lipinski definition) is 1. The number of amides is 2. The number of hydrogen-bond acceptors (Lipinski definition) is 4. The summed E-state index contributed by atoms with van der Waals surface area (Å²) in [4.78, 5) is 42.3. The van der Waals surface area contributed by atoms with Gasteiger partial charge in [0, 0.05) is 5.41 Å². The SMILES string of the molecule is COc1ccc(N2C(=O)[C@@H]3[C@H]4C[C@@H]5[C@]6(C)CCC[C@](C)(C(=O)O)[C@H]6CC[C@@]5(C=C4C(C)C)[C@H]3C2=O)cc1. The van der Waals surface area contributed by atoms with Gasteiger partial charge in [-0.05, 0) is 92.4 Å². The molecular formula is C31H39NO5. The van der Waals surface area contributed by atoms with Crippen molar-refractivity contribution in [2.45, 2.75) is 66.2 Å². The number of allylic oxidation sites excluding steroid dienone is 2. The molecule has 0 unspecified atom stereocenters. The summed E-state index contributed by atoms with van der Waals surface area (Å²) < 4.78 is 5.29. The van der Waals surface area contributed by atoms with Crippen LogP contribution in [0.15, 0.2) is 35.9 Å². The highest BCUT2D eigenvalue weighted by Gasteiger charge is 2.73. The number of anilines is 1. The highest BCUT2D eigenvalue weighted by Crippen LogP contribution is 2.74. The van der Waals surface area contributed by atoms with E-state index < -0.39 is 16.8 Å². The lowest BCUT2D eigenvalue weighted by atomic mass is 9.34. The number of imide groups is 1. The minimum absolute atomic E-state index is 0.0326. The van der Waals surface area contributed by atoms with E-state index in [4.69, 9.17) is 4.74 Å². The van der Waals surface area contributed by atoms with Gasteiger partial charge >= 0.3 is 5.97 Å². The van der Waals surface area contributed by atoms with Crippen molar-refractivity contribution in [3.05, 3.63) is 35.9 Å². The Kier molecular flexibility index (Phi) is 5.30. The van der Waals surface area contributed by atoms with Gasteiger partial charge in [-0.25, -0.2) is 0 Å². The van der Waals surface area contributed by atoms with Crippen molar-refractivity contribution in [3.8, 4) is 5.75 Å². The van der Waals surface area contributed by atoms with Crippen LogP contribution in [0.4, 0.5) is 5.69 Å². The van der Waals surface area contributed by atoms with Gasteiger partial charge in [-0.15, -0.1) is 0 Å². The summed E-state index contributed by atoms with van der Waals surface area (Å²) in [6, 6.07) is 7.20. The Morgan fingerprint density at radius 3 is 2.38 bits per heavy atom. The van der Waals surface area contributed by atoms with Gasteiger partial charge in [-0.2, -0.15) is 0 Å². The average Bonchev–Trinajstić information content (AvgIpc) is 3.15. The summed E-state index contributed by atoms with van der Waals surface area (Å²) in [6.45, 7) is 8.66. The minimum Gasteiger partial charge on any atom is -0.497 e. The fourth-order valence-corrected chi connectivity index (χ4v) is 9.94. The van der Waals surface area contributed by atoms with Crippen molar-refractivity contribution in [2.75, 3.05) is 12.0 Å². The third-order valence-corrected chi connectivity index (χ3v) is 11.5. The van der Waals surface area contributed by atoms with Crippen LogP contribution in [0.1, 0.15) is 66.2 Å². The minimum atomic E-state index is -0.736. The Morgan fingerprint density at radius 1 is 1.05 bits per heavy atom. The van der Waals surface area contributed by atoms with Gasteiger partial charge in [0.1, 0.15) is 5.75 Å². The topological polar surface area (TPSA) is 83.9 Å². The lowest BCUT2D eigenvalue weighted by Crippen LogP contribution is -2.65. The first kappa shape index (κ1) is 24.7. The maximum Gasteiger partial charge on any atom is 0.309 e. The lowest BCUT2D eigenvalue weighted by molar-refractivity contribution is -0.194. The van der Waals surface area contributed by atoms with Crippen LogP contribution in [0.25, 0.3) is 0 Å². The second-order valence-electron chi connectivity index (χ2n) is 13.2. The number of ether oxygens (including phenoxy) is 1. The first-order valence-corrected chi connectivity index (χ1v) is 14.0. The first-order valence-electron chi connectivity index (χ1n) is 14.0. The van der Waals surface area contributed by atoms with Crippen molar-refractivity contribution < 1.29 is 24.2 Å². The molecule has 1 saturated heterocycles. The molecule has 8 atom stereocenters. The van der Waals surface area contributed by atoms with E-state index >= 15 is 0 Å². The van der Waals surface area contributed by atoms with Crippen LogP contribution < -0.4 is 9.64 Å². The molecule has 1 aromatic rings. The molecule has 6 nitrogen and oxygen atoms in total. The van der Waals surface area contributed by atoms with Crippen molar-refractivity contribution in [2.24, 2.45) is 51.8 Å². The molecule has 2 bridgehead atoms. The Hall–Kier alpha value is -2.63. The van der Waals surface area contributed by atoms with Gasteiger partial charge in [0.25, 0.3) is 0 Å². The Bertz CT molecular complexity index is 1200. The smallest absolute Gasteiger partial charge is 0.309 e. The van der Waals surface area contributed by atoms with E-state index in [1.165, 1.54) is 10.5 Å². The third kappa shape index (κ3) is 3.01. The van der Waals surface area contributed by atoms with Crippen LogP contribution in [-0.4, -0.2) is 30.0 Å². The summed E-state index contributed by atoms with van der Waals surface area (Å²) in [7, 11) is 1.60. The van der Waals surface area contributed by atoms with Crippen molar-refractivity contribution >= 4 is 23.5 Å². The number of benzene rings is 1. The molecule has 1 aliphatic heterocycles. The number of carboxylic acid groups (broad SMARTS) is 1. The van der Waals surface area contributed by atoms with E-state index in [1.807, 2.05) is 6.92 Å². The van der Waals surface area contributed by atoms with E-state index in [-0.39, 0.29) is 46.8 Å². The van der Waals surface area contributed by atoms with E-state index in [9.17, 15) is 19.5 Å². The first-order chi connectivity index (χ1) is 17.5. The summed E-state index contributed by atoms with van der Waals surface area (Å²) in [5.41, 5.74) is 0.645.